The van der Waals surface area contributed by atoms with Crippen LogP contribution in [0.5, 0.6) is 0 Å². The molecule has 0 bridgehead atoms. The van der Waals surface area contributed by atoms with E-state index in [1.54, 1.807) is 0 Å². The number of ether oxygens (including phenoxy) is 2. The van der Waals surface area contributed by atoms with Gasteiger partial charge in [0.15, 0.2) is 0 Å². The molecule has 4 unspecified atom stereocenters. The fraction of sp³-hybridized carbons (Fsp3) is 0.400. The molecule has 0 saturated heterocycles. The summed E-state index contributed by atoms with van der Waals surface area (Å²) in [6.07, 6.45) is 17.9. The third-order valence-corrected chi connectivity index (χ3v) is 5.77. The molecular formula is C20H22O2Si. The molecule has 4 atom stereocenters. The molecule has 0 aliphatic heterocycles. The van der Waals surface area contributed by atoms with Crippen LogP contribution >= 0.6 is 0 Å². The summed E-state index contributed by atoms with van der Waals surface area (Å²) in [7, 11) is 0.704. The predicted molar refractivity (Wildman–Crippen MR) is 94.2 cm³/mol. The van der Waals surface area contributed by atoms with Gasteiger partial charge in [0, 0.05) is 18.4 Å². The zero-order valence-corrected chi connectivity index (χ0v) is 14.2. The molecule has 1 saturated carbocycles. The smallest absolute Gasteiger partial charge is 0.108 e. The van der Waals surface area contributed by atoms with Crippen molar-refractivity contribution in [2.75, 3.05) is 12.5 Å². The van der Waals surface area contributed by atoms with Gasteiger partial charge in [0.2, 0.25) is 0 Å². The predicted octanol–water partition coefficient (Wildman–Crippen LogP) is 3.93. The van der Waals surface area contributed by atoms with Crippen LogP contribution in [-0.4, -0.2) is 28.1 Å². The highest BCUT2D eigenvalue weighted by Crippen LogP contribution is 2.37. The van der Waals surface area contributed by atoms with Crippen LogP contribution in [-0.2, 0) is 9.47 Å². The second kappa shape index (κ2) is 6.99. The van der Waals surface area contributed by atoms with Gasteiger partial charge in [-0.3, -0.25) is 0 Å². The van der Waals surface area contributed by atoms with Crippen LogP contribution in [0.4, 0.5) is 0 Å². The van der Waals surface area contributed by atoms with Crippen molar-refractivity contribution in [2.45, 2.75) is 25.0 Å². The lowest BCUT2D eigenvalue weighted by Gasteiger charge is -2.22. The molecular weight excluding hydrogens is 300 g/mol. The summed E-state index contributed by atoms with van der Waals surface area (Å²) in [5.74, 6) is 1.29. The van der Waals surface area contributed by atoms with E-state index in [-0.39, 0.29) is 6.10 Å². The Balaban J connectivity index is 1.18. The van der Waals surface area contributed by atoms with Gasteiger partial charge >= 0.3 is 0 Å². The highest BCUT2D eigenvalue weighted by molar-refractivity contribution is 6.35. The van der Waals surface area contributed by atoms with Crippen LogP contribution in [0, 0.1) is 11.8 Å². The van der Waals surface area contributed by atoms with Gasteiger partial charge in [0.05, 0.1) is 6.10 Å². The first-order valence-corrected chi connectivity index (χ1v) is 9.89. The van der Waals surface area contributed by atoms with Crippen molar-refractivity contribution in [3.63, 3.8) is 0 Å². The molecule has 23 heavy (non-hydrogen) atoms. The largest absolute Gasteiger partial charge is 0.381 e. The molecule has 1 fully saturated rings. The summed E-state index contributed by atoms with van der Waals surface area (Å²) in [5, 5.41) is 0. The molecule has 0 spiro atoms. The first kappa shape index (κ1) is 15.1. The Hall–Kier alpha value is -1.42. The summed E-state index contributed by atoms with van der Waals surface area (Å²) in [5.41, 5.74) is 2.57. The third-order valence-electron chi connectivity index (χ3n) is 5.03. The Labute approximate surface area is 140 Å². The van der Waals surface area contributed by atoms with E-state index in [1.165, 1.54) is 24.0 Å². The fourth-order valence-electron chi connectivity index (χ4n) is 3.82. The molecule has 118 valence electrons. The van der Waals surface area contributed by atoms with Crippen LogP contribution in [0.15, 0.2) is 54.6 Å². The van der Waals surface area contributed by atoms with Gasteiger partial charge in [-0.25, -0.2) is 0 Å². The minimum absolute atomic E-state index is 0.126. The topological polar surface area (TPSA) is 18.5 Å². The molecule has 3 heteroatoms. The maximum Gasteiger partial charge on any atom is 0.108 e. The Morgan fingerprint density at radius 3 is 2.83 bits per heavy atom. The van der Waals surface area contributed by atoms with Crippen LogP contribution in [0.1, 0.15) is 30.1 Å². The molecule has 0 aromatic heterocycles. The first-order chi connectivity index (χ1) is 11.4. The van der Waals surface area contributed by atoms with Gasteiger partial charge in [-0.15, -0.1) is 0 Å². The minimum Gasteiger partial charge on any atom is -0.381 e. The van der Waals surface area contributed by atoms with Crippen molar-refractivity contribution in [2.24, 2.45) is 11.8 Å². The van der Waals surface area contributed by atoms with E-state index in [9.17, 15) is 0 Å². The van der Waals surface area contributed by atoms with Crippen molar-refractivity contribution in [3.05, 3.63) is 65.8 Å². The molecule has 1 aromatic carbocycles. The SMILES string of the molecule is C1=CC2CCC(OC[Si]COC3C=Cc4ccccc43)C2C=C1. The standard InChI is InChI=1S/C20H22O2Si/c1-3-7-17-15(5-1)9-11-19(17)21-13-23-14-22-20-12-10-16-6-2-4-8-18(16)20/h1-9,11,16,18-20H,10,12-14H2. The van der Waals surface area contributed by atoms with E-state index in [0.29, 0.717) is 27.5 Å². The van der Waals surface area contributed by atoms with Crippen LogP contribution in [0.2, 0.25) is 0 Å². The zero-order chi connectivity index (χ0) is 15.5. The Morgan fingerprint density at radius 1 is 0.957 bits per heavy atom. The molecule has 0 heterocycles. The molecule has 2 nitrogen and oxygen atoms in total. The van der Waals surface area contributed by atoms with Gasteiger partial charge in [-0.05, 0) is 29.9 Å². The van der Waals surface area contributed by atoms with Crippen molar-refractivity contribution < 1.29 is 9.47 Å². The van der Waals surface area contributed by atoms with Gasteiger partial charge in [-0.2, -0.15) is 0 Å². The van der Waals surface area contributed by atoms with E-state index < -0.39 is 0 Å². The molecule has 0 N–H and O–H groups in total. The number of rotatable bonds is 6. The number of hydrogen-bond donors (Lipinski definition) is 0. The second-order valence-electron chi connectivity index (χ2n) is 6.41. The molecule has 4 rings (SSSR count). The Morgan fingerprint density at radius 2 is 1.83 bits per heavy atom. The van der Waals surface area contributed by atoms with Gasteiger partial charge in [-0.1, -0.05) is 60.7 Å². The summed E-state index contributed by atoms with van der Waals surface area (Å²) < 4.78 is 12.2. The van der Waals surface area contributed by atoms with Crippen molar-refractivity contribution in [1.82, 2.24) is 0 Å². The molecule has 3 aliphatic carbocycles. The van der Waals surface area contributed by atoms with Crippen molar-refractivity contribution in [3.8, 4) is 0 Å². The normalized spacial score (nSPS) is 30.6. The van der Waals surface area contributed by atoms with Crippen LogP contribution in [0.25, 0.3) is 6.08 Å². The van der Waals surface area contributed by atoms with Crippen LogP contribution in [0.3, 0.4) is 0 Å². The summed E-state index contributed by atoms with van der Waals surface area (Å²) in [6, 6.07) is 8.45. The number of allylic oxidation sites excluding steroid dienone is 3. The monoisotopic (exact) mass is 322 g/mol. The lowest BCUT2D eigenvalue weighted by molar-refractivity contribution is 0.0617. The van der Waals surface area contributed by atoms with Gasteiger partial charge < -0.3 is 9.47 Å². The van der Waals surface area contributed by atoms with E-state index in [4.69, 9.17) is 9.47 Å². The average molecular weight is 322 g/mol. The highest BCUT2D eigenvalue weighted by Gasteiger charge is 2.34. The Bertz CT molecular complexity index is 634. The van der Waals surface area contributed by atoms with E-state index in [0.717, 1.165) is 12.5 Å². The quantitative estimate of drug-likeness (QED) is 0.584. The number of fused-ring (bicyclic) bond motifs is 2. The minimum atomic E-state index is 0.126. The summed E-state index contributed by atoms with van der Waals surface area (Å²) in [6.45, 7) is 0. The van der Waals surface area contributed by atoms with E-state index in [1.807, 2.05) is 0 Å². The molecule has 0 amide bonds. The maximum atomic E-state index is 6.14. The molecule has 2 radical (unpaired) electrons. The third kappa shape index (κ3) is 3.27. The fourth-order valence-corrected chi connectivity index (χ4v) is 4.53. The maximum absolute atomic E-state index is 6.14. The first-order valence-electron chi connectivity index (χ1n) is 8.48. The lowest BCUT2D eigenvalue weighted by Crippen LogP contribution is -2.24. The summed E-state index contributed by atoms with van der Waals surface area (Å²) in [4.78, 5) is 0. The molecule has 3 aliphatic rings. The van der Waals surface area contributed by atoms with Crippen LogP contribution < -0.4 is 0 Å². The van der Waals surface area contributed by atoms with Gasteiger partial charge in [0.25, 0.3) is 0 Å². The Kier molecular flexibility index (Phi) is 4.60. The average Bonchev–Trinajstić information content (AvgIpc) is 3.19. The molecule has 1 aromatic rings. The van der Waals surface area contributed by atoms with Crippen molar-refractivity contribution in [1.29, 1.82) is 0 Å². The van der Waals surface area contributed by atoms with Crippen molar-refractivity contribution >= 4 is 15.6 Å². The lowest BCUT2D eigenvalue weighted by atomic mass is 9.91. The number of hydrogen-bond acceptors (Lipinski definition) is 2. The number of benzene rings is 1. The summed E-state index contributed by atoms with van der Waals surface area (Å²) >= 11 is 0. The van der Waals surface area contributed by atoms with Gasteiger partial charge in [0.1, 0.15) is 15.6 Å². The highest BCUT2D eigenvalue weighted by atomic mass is 28.2. The van der Waals surface area contributed by atoms with E-state index in [2.05, 4.69) is 60.7 Å². The second-order valence-corrected chi connectivity index (χ2v) is 7.48. The van der Waals surface area contributed by atoms with E-state index >= 15 is 0 Å². The zero-order valence-electron chi connectivity index (χ0n) is 13.2.